The quantitative estimate of drug-likeness (QED) is 0.764. The molecular weight excluding hydrogens is 233 g/mol. The van der Waals surface area contributed by atoms with Gasteiger partial charge in [-0.15, -0.1) is 0 Å². The molecule has 3 nitrogen and oxygen atoms in total. The predicted octanol–water partition coefficient (Wildman–Crippen LogP) is 3.59. The van der Waals surface area contributed by atoms with E-state index in [4.69, 9.17) is 23.2 Å². The van der Waals surface area contributed by atoms with Crippen molar-refractivity contribution in [3.63, 3.8) is 0 Å². The second-order valence-electron chi connectivity index (χ2n) is 3.06. The first-order chi connectivity index (χ1) is 7.22. The van der Waals surface area contributed by atoms with Gasteiger partial charge in [0.25, 0.3) is 0 Å². The van der Waals surface area contributed by atoms with E-state index in [0.717, 1.165) is 23.4 Å². The van der Waals surface area contributed by atoms with Crippen LogP contribution in [0, 0.1) is 0 Å². The molecular formula is C10H9Cl2N3. The van der Waals surface area contributed by atoms with Crippen LogP contribution in [-0.4, -0.2) is 11.3 Å². The fourth-order valence-electron chi connectivity index (χ4n) is 1.43. The van der Waals surface area contributed by atoms with Crippen LogP contribution in [0.3, 0.4) is 0 Å². The molecule has 2 heterocycles. The summed E-state index contributed by atoms with van der Waals surface area (Å²) in [5, 5.41) is 3.74. The van der Waals surface area contributed by atoms with Gasteiger partial charge in [0.1, 0.15) is 10.3 Å². The second-order valence-corrected chi connectivity index (χ2v) is 3.80. The van der Waals surface area contributed by atoms with Gasteiger partial charge in [-0.1, -0.05) is 36.2 Å². The Hall–Kier alpha value is -1.06. The Morgan fingerprint density at radius 2 is 2.27 bits per heavy atom. The lowest BCUT2D eigenvalue weighted by atomic mass is 10.1. The number of fused-ring (bicyclic) bond motifs is 1. The summed E-state index contributed by atoms with van der Waals surface area (Å²) in [6.07, 6.45) is 4.51. The van der Waals surface area contributed by atoms with Crippen molar-refractivity contribution in [1.29, 1.82) is 0 Å². The predicted molar refractivity (Wildman–Crippen MR) is 64.6 cm³/mol. The number of halogens is 2. The van der Waals surface area contributed by atoms with Crippen LogP contribution in [0.5, 0.6) is 0 Å². The molecule has 5 heteroatoms. The van der Waals surface area contributed by atoms with Crippen LogP contribution in [0.1, 0.15) is 18.9 Å². The van der Waals surface area contributed by atoms with E-state index in [9.17, 15) is 0 Å². The Bertz CT molecular complexity index is 452. The van der Waals surface area contributed by atoms with Gasteiger partial charge in [-0.25, -0.2) is 9.98 Å². The lowest BCUT2D eigenvalue weighted by Gasteiger charge is -2.15. The van der Waals surface area contributed by atoms with Gasteiger partial charge in [0, 0.05) is 0 Å². The normalized spacial score (nSPS) is 16.3. The van der Waals surface area contributed by atoms with Gasteiger partial charge < -0.3 is 5.32 Å². The minimum absolute atomic E-state index is 0.373. The van der Waals surface area contributed by atoms with Gasteiger partial charge in [-0.05, 0) is 12.5 Å². The van der Waals surface area contributed by atoms with Crippen LogP contribution >= 0.6 is 23.2 Å². The topological polar surface area (TPSA) is 37.3 Å². The highest BCUT2D eigenvalue weighted by atomic mass is 35.5. The summed E-state index contributed by atoms with van der Waals surface area (Å²) in [4.78, 5) is 8.20. The molecule has 78 valence electrons. The number of anilines is 1. The van der Waals surface area contributed by atoms with E-state index in [0.29, 0.717) is 10.3 Å². The molecule has 0 unspecified atom stereocenters. The first kappa shape index (κ1) is 10.5. The standard InChI is InChI=1S/C10H9Cl2N3/c1-2-3-6-9-7(14-5-13-6)4-8(11)15-10(9)12/h3-5H,2H2,1H3,(H,13,14)/b6-3+. The average molecular weight is 242 g/mol. The molecule has 0 saturated carbocycles. The maximum atomic E-state index is 6.03. The number of aromatic nitrogens is 1. The summed E-state index contributed by atoms with van der Waals surface area (Å²) in [5.41, 5.74) is 2.49. The van der Waals surface area contributed by atoms with Gasteiger partial charge in [-0.3, -0.25) is 0 Å². The average Bonchev–Trinajstić information content (AvgIpc) is 2.17. The molecule has 15 heavy (non-hydrogen) atoms. The third kappa shape index (κ3) is 1.98. The molecule has 0 aliphatic carbocycles. The van der Waals surface area contributed by atoms with Crippen molar-refractivity contribution in [2.75, 3.05) is 5.32 Å². The van der Waals surface area contributed by atoms with Gasteiger partial charge in [0.05, 0.1) is 23.3 Å². The zero-order chi connectivity index (χ0) is 10.8. The molecule has 0 fully saturated rings. The number of rotatable bonds is 1. The van der Waals surface area contributed by atoms with Crippen LogP contribution < -0.4 is 5.32 Å². The monoisotopic (exact) mass is 241 g/mol. The van der Waals surface area contributed by atoms with E-state index in [1.165, 1.54) is 0 Å². The molecule has 0 spiro atoms. The van der Waals surface area contributed by atoms with Crippen LogP contribution in [0.15, 0.2) is 17.1 Å². The molecule has 0 aromatic carbocycles. The number of allylic oxidation sites excluding steroid dienone is 1. The number of hydrogen-bond acceptors (Lipinski definition) is 3. The summed E-state index contributed by atoms with van der Waals surface area (Å²) in [6, 6.07) is 1.73. The molecule has 1 aliphatic heterocycles. The van der Waals surface area contributed by atoms with Gasteiger partial charge >= 0.3 is 0 Å². The summed E-state index contributed by atoms with van der Waals surface area (Å²) in [7, 11) is 0. The van der Waals surface area contributed by atoms with E-state index >= 15 is 0 Å². The first-order valence-electron chi connectivity index (χ1n) is 4.58. The molecule has 1 aliphatic rings. The molecule has 0 amide bonds. The third-order valence-corrected chi connectivity index (χ3v) is 2.49. The van der Waals surface area contributed by atoms with Crippen molar-refractivity contribution in [1.82, 2.24) is 4.98 Å². The van der Waals surface area contributed by atoms with E-state index in [2.05, 4.69) is 15.3 Å². The van der Waals surface area contributed by atoms with Crippen LogP contribution in [-0.2, 0) is 0 Å². The number of nitrogens with one attached hydrogen (secondary N) is 1. The maximum Gasteiger partial charge on any atom is 0.142 e. The Morgan fingerprint density at radius 3 is 3.00 bits per heavy atom. The lowest BCUT2D eigenvalue weighted by molar-refractivity contribution is 1.21. The first-order valence-corrected chi connectivity index (χ1v) is 5.33. The summed E-state index contributed by atoms with van der Waals surface area (Å²) >= 11 is 11.8. The molecule has 1 aromatic rings. The highest BCUT2D eigenvalue weighted by molar-refractivity contribution is 6.34. The van der Waals surface area contributed by atoms with E-state index in [-0.39, 0.29) is 0 Å². The zero-order valence-corrected chi connectivity index (χ0v) is 9.60. The minimum Gasteiger partial charge on any atom is -0.346 e. The summed E-state index contributed by atoms with van der Waals surface area (Å²) in [5.74, 6) is 0. The largest absolute Gasteiger partial charge is 0.346 e. The Balaban J connectivity index is 2.60. The number of hydrogen-bond donors (Lipinski definition) is 1. The second kappa shape index (κ2) is 4.21. The Morgan fingerprint density at radius 1 is 1.47 bits per heavy atom. The van der Waals surface area contributed by atoms with Gasteiger partial charge in [0.15, 0.2) is 0 Å². The number of aliphatic imine (C=N–C) groups is 1. The van der Waals surface area contributed by atoms with Crippen LogP contribution in [0.4, 0.5) is 5.69 Å². The SMILES string of the molecule is CC/C=C1/N=CNc2cc(Cl)nc(Cl)c21. The molecule has 1 aromatic heterocycles. The van der Waals surface area contributed by atoms with E-state index in [1.807, 2.05) is 13.0 Å². The molecule has 0 bridgehead atoms. The summed E-state index contributed by atoms with van der Waals surface area (Å²) < 4.78 is 0. The third-order valence-electron chi connectivity index (χ3n) is 2.02. The Kier molecular flexibility index (Phi) is 2.93. The summed E-state index contributed by atoms with van der Waals surface area (Å²) in [6.45, 7) is 2.04. The van der Waals surface area contributed by atoms with Crippen molar-refractivity contribution in [2.24, 2.45) is 4.99 Å². The van der Waals surface area contributed by atoms with E-state index in [1.54, 1.807) is 12.4 Å². The highest BCUT2D eigenvalue weighted by Gasteiger charge is 2.16. The fourth-order valence-corrected chi connectivity index (χ4v) is 1.95. The van der Waals surface area contributed by atoms with Crippen molar-refractivity contribution in [3.05, 3.63) is 28.0 Å². The lowest BCUT2D eigenvalue weighted by Crippen LogP contribution is -2.06. The highest BCUT2D eigenvalue weighted by Crippen LogP contribution is 2.34. The molecule has 0 atom stereocenters. The minimum atomic E-state index is 0.373. The van der Waals surface area contributed by atoms with Crippen molar-refractivity contribution >= 4 is 40.9 Å². The van der Waals surface area contributed by atoms with Gasteiger partial charge in [-0.2, -0.15) is 0 Å². The molecule has 0 radical (unpaired) electrons. The number of nitrogens with zero attached hydrogens (tertiary/aromatic N) is 2. The van der Waals surface area contributed by atoms with E-state index < -0.39 is 0 Å². The Labute approximate surface area is 97.8 Å². The van der Waals surface area contributed by atoms with Crippen LogP contribution in [0.2, 0.25) is 10.3 Å². The zero-order valence-electron chi connectivity index (χ0n) is 8.09. The molecule has 1 N–H and O–H groups in total. The molecule has 0 saturated heterocycles. The number of pyridine rings is 1. The van der Waals surface area contributed by atoms with Crippen molar-refractivity contribution < 1.29 is 0 Å². The smallest absolute Gasteiger partial charge is 0.142 e. The van der Waals surface area contributed by atoms with Crippen LogP contribution in [0.25, 0.3) is 5.70 Å². The molecule has 2 rings (SSSR count). The fraction of sp³-hybridized carbons (Fsp3) is 0.200. The van der Waals surface area contributed by atoms with Gasteiger partial charge in [0.2, 0.25) is 0 Å². The maximum absolute atomic E-state index is 6.03. The van der Waals surface area contributed by atoms with Crippen molar-refractivity contribution in [2.45, 2.75) is 13.3 Å². The van der Waals surface area contributed by atoms with Crippen molar-refractivity contribution in [3.8, 4) is 0 Å².